The number of amides is 1. The molecule has 1 heterocycles. The van der Waals surface area contributed by atoms with Crippen molar-refractivity contribution in [3.8, 4) is 0 Å². The van der Waals surface area contributed by atoms with E-state index < -0.39 is 5.97 Å². The van der Waals surface area contributed by atoms with Crippen LogP contribution < -0.4 is 5.32 Å². The number of aromatic carboxylic acids is 1. The Morgan fingerprint density at radius 3 is 2.89 bits per heavy atom. The third-order valence-electron chi connectivity index (χ3n) is 3.69. The lowest BCUT2D eigenvalue weighted by Crippen LogP contribution is -2.30. The van der Waals surface area contributed by atoms with E-state index >= 15 is 0 Å². The van der Waals surface area contributed by atoms with Gasteiger partial charge in [0, 0.05) is 6.54 Å². The fraction of sp³-hybridized carbons (Fsp3) is 0.571. The summed E-state index contributed by atoms with van der Waals surface area (Å²) < 4.78 is 5.04. The van der Waals surface area contributed by atoms with Gasteiger partial charge in [-0.25, -0.2) is 4.79 Å². The van der Waals surface area contributed by atoms with Crippen molar-refractivity contribution in [3.05, 3.63) is 23.7 Å². The number of hydrogen-bond acceptors (Lipinski definition) is 3. The lowest BCUT2D eigenvalue weighted by Gasteiger charge is -2.10. The SMILES string of the molecule is CC1CCC(CNC(=O)Cc2occc2C(=O)O)C1. The second kappa shape index (κ2) is 5.91. The Balaban J connectivity index is 1.81. The summed E-state index contributed by atoms with van der Waals surface area (Å²) in [7, 11) is 0. The summed E-state index contributed by atoms with van der Waals surface area (Å²) in [4.78, 5) is 22.6. The van der Waals surface area contributed by atoms with E-state index in [4.69, 9.17) is 9.52 Å². The zero-order valence-electron chi connectivity index (χ0n) is 11.0. The molecule has 2 unspecified atom stereocenters. The van der Waals surface area contributed by atoms with Crippen LogP contribution in [0.4, 0.5) is 0 Å². The molecule has 1 aliphatic rings. The normalized spacial score (nSPS) is 22.4. The van der Waals surface area contributed by atoms with Crippen molar-refractivity contribution < 1.29 is 19.1 Å². The Labute approximate surface area is 112 Å². The largest absolute Gasteiger partial charge is 0.478 e. The van der Waals surface area contributed by atoms with Gasteiger partial charge in [0.15, 0.2) is 0 Å². The second-order valence-electron chi connectivity index (χ2n) is 5.33. The lowest BCUT2D eigenvalue weighted by atomic mass is 10.1. The molecule has 0 spiro atoms. The quantitative estimate of drug-likeness (QED) is 0.854. The molecule has 0 aliphatic heterocycles. The van der Waals surface area contributed by atoms with E-state index in [-0.39, 0.29) is 23.7 Å². The van der Waals surface area contributed by atoms with Gasteiger partial charge in [-0.3, -0.25) is 4.79 Å². The summed E-state index contributed by atoms with van der Waals surface area (Å²) in [6, 6.07) is 1.36. The number of carbonyl (C=O) groups excluding carboxylic acids is 1. The van der Waals surface area contributed by atoms with Gasteiger partial charge in [0.05, 0.1) is 12.7 Å². The summed E-state index contributed by atoms with van der Waals surface area (Å²) >= 11 is 0. The highest BCUT2D eigenvalue weighted by molar-refractivity contribution is 5.90. The molecule has 2 rings (SSSR count). The van der Waals surface area contributed by atoms with Gasteiger partial charge in [-0.1, -0.05) is 13.3 Å². The van der Waals surface area contributed by atoms with Crippen molar-refractivity contribution in [2.45, 2.75) is 32.6 Å². The van der Waals surface area contributed by atoms with Crippen molar-refractivity contribution in [2.24, 2.45) is 11.8 Å². The molecule has 1 aliphatic carbocycles. The second-order valence-corrected chi connectivity index (χ2v) is 5.33. The molecule has 0 radical (unpaired) electrons. The van der Waals surface area contributed by atoms with Crippen LogP contribution in [-0.4, -0.2) is 23.5 Å². The van der Waals surface area contributed by atoms with Gasteiger partial charge in [-0.15, -0.1) is 0 Å². The maximum atomic E-state index is 11.8. The average molecular weight is 265 g/mol. The molecule has 1 saturated carbocycles. The summed E-state index contributed by atoms with van der Waals surface area (Å²) in [5, 5.41) is 11.8. The van der Waals surface area contributed by atoms with E-state index in [0.717, 1.165) is 18.8 Å². The first-order valence-corrected chi connectivity index (χ1v) is 6.62. The Morgan fingerprint density at radius 2 is 2.26 bits per heavy atom. The third-order valence-corrected chi connectivity index (χ3v) is 3.69. The molecular formula is C14H19NO4. The Kier molecular flexibility index (Phi) is 4.24. The molecule has 0 saturated heterocycles. The van der Waals surface area contributed by atoms with Gasteiger partial charge in [-0.2, -0.15) is 0 Å². The fourth-order valence-electron chi connectivity index (χ4n) is 2.64. The van der Waals surface area contributed by atoms with Crippen LogP contribution >= 0.6 is 0 Å². The van der Waals surface area contributed by atoms with E-state index in [0.29, 0.717) is 12.5 Å². The molecule has 0 bridgehead atoms. The molecule has 0 aromatic carbocycles. The number of furan rings is 1. The molecule has 1 aromatic rings. The number of carboxylic acids is 1. The number of hydrogen-bond donors (Lipinski definition) is 2. The first kappa shape index (κ1) is 13.6. The molecule has 5 heteroatoms. The Hall–Kier alpha value is -1.78. The van der Waals surface area contributed by atoms with E-state index in [1.807, 2.05) is 0 Å². The minimum absolute atomic E-state index is 0.0170. The zero-order chi connectivity index (χ0) is 13.8. The van der Waals surface area contributed by atoms with E-state index in [1.54, 1.807) is 0 Å². The van der Waals surface area contributed by atoms with Crippen LogP contribution in [0.15, 0.2) is 16.7 Å². The monoisotopic (exact) mass is 265 g/mol. The molecule has 2 N–H and O–H groups in total. The number of rotatable bonds is 5. The minimum Gasteiger partial charge on any atom is -0.478 e. The summed E-state index contributed by atoms with van der Waals surface area (Å²) in [6.45, 7) is 2.90. The van der Waals surface area contributed by atoms with E-state index in [2.05, 4.69) is 12.2 Å². The minimum atomic E-state index is -1.07. The van der Waals surface area contributed by atoms with Crippen LogP contribution in [0.5, 0.6) is 0 Å². The molecule has 2 atom stereocenters. The van der Waals surface area contributed by atoms with E-state index in [1.165, 1.54) is 18.8 Å². The first-order chi connectivity index (χ1) is 9.06. The van der Waals surface area contributed by atoms with Crippen LogP contribution in [-0.2, 0) is 11.2 Å². The molecule has 1 aromatic heterocycles. The Bertz CT molecular complexity index is 466. The maximum absolute atomic E-state index is 11.8. The van der Waals surface area contributed by atoms with Crippen LogP contribution in [0.2, 0.25) is 0 Å². The van der Waals surface area contributed by atoms with Gasteiger partial charge in [-0.05, 0) is 30.7 Å². The smallest absolute Gasteiger partial charge is 0.339 e. The molecule has 5 nitrogen and oxygen atoms in total. The van der Waals surface area contributed by atoms with Crippen molar-refractivity contribution in [2.75, 3.05) is 6.54 Å². The zero-order valence-corrected chi connectivity index (χ0v) is 11.0. The highest BCUT2D eigenvalue weighted by Gasteiger charge is 2.22. The van der Waals surface area contributed by atoms with Crippen molar-refractivity contribution in [3.63, 3.8) is 0 Å². The van der Waals surface area contributed by atoms with Crippen molar-refractivity contribution in [1.29, 1.82) is 0 Å². The van der Waals surface area contributed by atoms with Gasteiger partial charge >= 0.3 is 5.97 Å². The van der Waals surface area contributed by atoms with Gasteiger partial charge in [0.25, 0.3) is 0 Å². The number of carboxylic acid groups (broad SMARTS) is 1. The molecule has 1 amide bonds. The number of nitrogens with one attached hydrogen (secondary N) is 1. The van der Waals surface area contributed by atoms with Crippen LogP contribution in [0.3, 0.4) is 0 Å². The fourth-order valence-corrected chi connectivity index (χ4v) is 2.64. The molecular weight excluding hydrogens is 246 g/mol. The van der Waals surface area contributed by atoms with Crippen molar-refractivity contribution >= 4 is 11.9 Å². The maximum Gasteiger partial charge on any atom is 0.339 e. The van der Waals surface area contributed by atoms with Crippen molar-refractivity contribution in [1.82, 2.24) is 5.32 Å². The van der Waals surface area contributed by atoms with Gasteiger partial charge in [0.2, 0.25) is 5.91 Å². The van der Waals surface area contributed by atoms with Crippen LogP contribution in [0.25, 0.3) is 0 Å². The number of carbonyl (C=O) groups is 2. The summed E-state index contributed by atoms with van der Waals surface area (Å²) in [5.74, 6) is 0.253. The first-order valence-electron chi connectivity index (χ1n) is 6.62. The van der Waals surface area contributed by atoms with Gasteiger partial charge < -0.3 is 14.8 Å². The summed E-state index contributed by atoms with van der Waals surface area (Å²) in [6.07, 6.45) is 4.81. The highest BCUT2D eigenvalue weighted by Crippen LogP contribution is 2.29. The molecule has 1 fully saturated rings. The topological polar surface area (TPSA) is 79.5 Å². The van der Waals surface area contributed by atoms with E-state index in [9.17, 15) is 9.59 Å². The summed E-state index contributed by atoms with van der Waals surface area (Å²) in [5.41, 5.74) is 0.0599. The van der Waals surface area contributed by atoms with Gasteiger partial charge in [0.1, 0.15) is 11.3 Å². The Morgan fingerprint density at radius 1 is 1.47 bits per heavy atom. The van der Waals surface area contributed by atoms with Crippen LogP contribution in [0, 0.1) is 11.8 Å². The van der Waals surface area contributed by atoms with Crippen LogP contribution in [0.1, 0.15) is 42.3 Å². The predicted octanol–water partition coefficient (Wildman–Crippen LogP) is 2.07. The highest BCUT2D eigenvalue weighted by atomic mass is 16.4. The molecule has 19 heavy (non-hydrogen) atoms. The molecule has 104 valence electrons. The average Bonchev–Trinajstić information content (AvgIpc) is 2.95. The standard InChI is InChI=1S/C14H19NO4/c1-9-2-3-10(6-9)8-15-13(16)7-12-11(14(17)18)4-5-19-12/h4-5,9-10H,2-3,6-8H2,1H3,(H,15,16)(H,17,18). The lowest BCUT2D eigenvalue weighted by molar-refractivity contribution is -0.120. The third kappa shape index (κ3) is 3.59. The predicted molar refractivity (Wildman–Crippen MR) is 68.9 cm³/mol.